The van der Waals surface area contributed by atoms with Crippen LogP contribution in [0.25, 0.3) is 0 Å². The smallest absolute Gasteiger partial charge is 0.323 e. The van der Waals surface area contributed by atoms with Gasteiger partial charge in [-0.3, -0.25) is 4.79 Å². The van der Waals surface area contributed by atoms with Gasteiger partial charge in [-0.1, -0.05) is 45.7 Å². The highest BCUT2D eigenvalue weighted by atomic mass is 79.9. The standard InChI is InChI=1S/C16H15BrClNO2/c1-11(12-4-2-5-13(17)8-12)19(10-16(20)21)15-7-3-6-14(18)9-15/h2-9,11H,10H2,1H3,(H,20,21). The molecule has 2 aromatic carbocycles. The van der Waals surface area contributed by atoms with Gasteiger partial charge < -0.3 is 10.0 Å². The van der Waals surface area contributed by atoms with E-state index in [0.717, 1.165) is 15.7 Å². The van der Waals surface area contributed by atoms with Crippen LogP contribution in [0.1, 0.15) is 18.5 Å². The Morgan fingerprint density at radius 1 is 1.29 bits per heavy atom. The molecule has 0 saturated carbocycles. The maximum absolute atomic E-state index is 11.2. The zero-order valence-corrected chi connectivity index (χ0v) is 13.8. The molecule has 0 aromatic heterocycles. The Morgan fingerprint density at radius 2 is 2.00 bits per heavy atom. The summed E-state index contributed by atoms with van der Waals surface area (Å²) in [6.45, 7) is 1.89. The average molecular weight is 369 g/mol. The first-order chi connectivity index (χ1) is 9.97. The average Bonchev–Trinajstić information content (AvgIpc) is 2.44. The lowest BCUT2D eigenvalue weighted by atomic mass is 10.1. The van der Waals surface area contributed by atoms with Gasteiger partial charge >= 0.3 is 5.97 Å². The van der Waals surface area contributed by atoms with Crippen LogP contribution in [0.3, 0.4) is 0 Å². The highest BCUT2D eigenvalue weighted by molar-refractivity contribution is 9.10. The van der Waals surface area contributed by atoms with Crippen molar-refractivity contribution in [3.05, 3.63) is 63.6 Å². The first-order valence-corrected chi connectivity index (χ1v) is 7.64. The molecule has 5 heteroatoms. The molecule has 0 saturated heterocycles. The van der Waals surface area contributed by atoms with Crippen LogP contribution in [0.4, 0.5) is 5.69 Å². The van der Waals surface area contributed by atoms with E-state index in [1.165, 1.54) is 0 Å². The largest absolute Gasteiger partial charge is 0.480 e. The quantitative estimate of drug-likeness (QED) is 0.827. The van der Waals surface area contributed by atoms with Crippen molar-refractivity contribution in [1.82, 2.24) is 0 Å². The molecule has 110 valence electrons. The molecule has 2 aromatic rings. The van der Waals surface area contributed by atoms with Crippen LogP contribution in [0.2, 0.25) is 5.02 Å². The van der Waals surface area contributed by atoms with E-state index in [1.807, 2.05) is 48.2 Å². The van der Waals surface area contributed by atoms with Gasteiger partial charge in [0.15, 0.2) is 0 Å². The van der Waals surface area contributed by atoms with Crippen molar-refractivity contribution in [2.75, 3.05) is 11.4 Å². The number of hydrogen-bond donors (Lipinski definition) is 1. The number of anilines is 1. The van der Waals surface area contributed by atoms with Crippen LogP contribution in [0.15, 0.2) is 53.0 Å². The van der Waals surface area contributed by atoms with E-state index < -0.39 is 5.97 Å². The lowest BCUT2D eigenvalue weighted by molar-refractivity contribution is -0.135. The topological polar surface area (TPSA) is 40.5 Å². The molecule has 0 bridgehead atoms. The Kier molecular flexibility index (Phi) is 5.26. The van der Waals surface area contributed by atoms with Gasteiger partial charge in [0.2, 0.25) is 0 Å². The van der Waals surface area contributed by atoms with E-state index in [4.69, 9.17) is 11.6 Å². The lowest BCUT2D eigenvalue weighted by Gasteiger charge is -2.30. The van der Waals surface area contributed by atoms with Crippen molar-refractivity contribution in [3.8, 4) is 0 Å². The summed E-state index contributed by atoms with van der Waals surface area (Å²) in [4.78, 5) is 13.0. The lowest BCUT2D eigenvalue weighted by Crippen LogP contribution is -2.32. The van der Waals surface area contributed by atoms with Gasteiger partial charge in [0.1, 0.15) is 6.54 Å². The highest BCUT2D eigenvalue weighted by Gasteiger charge is 2.19. The minimum absolute atomic E-state index is 0.0860. The van der Waals surface area contributed by atoms with Crippen molar-refractivity contribution in [2.45, 2.75) is 13.0 Å². The summed E-state index contributed by atoms with van der Waals surface area (Å²) in [5, 5.41) is 9.77. The normalized spacial score (nSPS) is 12.0. The number of aliphatic carboxylic acids is 1. The highest BCUT2D eigenvalue weighted by Crippen LogP contribution is 2.29. The maximum Gasteiger partial charge on any atom is 0.323 e. The first kappa shape index (κ1) is 15.9. The number of carboxylic acid groups (broad SMARTS) is 1. The number of hydrogen-bond acceptors (Lipinski definition) is 2. The van der Waals surface area contributed by atoms with Crippen molar-refractivity contribution >= 4 is 39.2 Å². The van der Waals surface area contributed by atoms with E-state index in [2.05, 4.69) is 15.9 Å². The molecular formula is C16H15BrClNO2. The number of nitrogens with zero attached hydrogens (tertiary/aromatic N) is 1. The molecule has 0 amide bonds. The van der Waals surface area contributed by atoms with Crippen molar-refractivity contribution < 1.29 is 9.90 Å². The Balaban J connectivity index is 2.38. The molecule has 1 N–H and O–H groups in total. The first-order valence-electron chi connectivity index (χ1n) is 6.47. The van der Waals surface area contributed by atoms with E-state index in [-0.39, 0.29) is 12.6 Å². The molecule has 1 unspecified atom stereocenters. The summed E-state index contributed by atoms with van der Waals surface area (Å²) in [6, 6.07) is 15.0. The van der Waals surface area contributed by atoms with Crippen LogP contribution in [0, 0.1) is 0 Å². The van der Waals surface area contributed by atoms with Crippen LogP contribution >= 0.6 is 27.5 Å². The summed E-state index contributed by atoms with van der Waals surface area (Å²) in [5.41, 5.74) is 1.82. The maximum atomic E-state index is 11.2. The van der Waals surface area contributed by atoms with Gasteiger partial charge in [0.25, 0.3) is 0 Å². The number of carboxylic acids is 1. The third-order valence-electron chi connectivity index (χ3n) is 3.24. The Morgan fingerprint density at radius 3 is 2.62 bits per heavy atom. The molecule has 3 nitrogen and oxygen atoms in total. The minimum atomic E-state index is -0.878. The molecule has 0 fully saturated rings. The Bertz CT molecular complexity index is 648. The monoisotopic (exact) mass is 367 g/mol. The van der Waals surface area contributed by atoms with Crippen LogP contribution in [0.5, 0.6) is 0 Å². The minimum Gasteiger partial charge on any atom is -0.480 e. The Hall–Kier alpha value is -1.52. The van der Waals surface area contributed by atoms with Crippen molar-refractivity contribution in [1.29, 1.82) is 0 Å². The number of rotatable bonds is 5. The summed E-state index contributed by atoms with van der Waals surface area (Å²) in [5.74, 6) is -0.878. The van der Waals surface area contributed by atoms with Crippen molar-refractivity contribution in [3.63, 3.8) is 0 Å². The molecule has 0 heterocycles. The van der Waals surface area contributed by atoms with E-state index in [0.29, 0.717) is 5.02 Å². The van der Waals surface area contributed by atoms with Gasteiger partial charge in [0.05, 0.1) is 6.04 Å². The van der Waals surface area contributed by atoms with Crippen LogP contribution in [-0.2, 0) is 4.79 Å². The van der Waals surface area contributed by atoms with Gasteiger partial charge in [0, 0.05) is 15.2 Å². The molecular weight excluding hydrogens is 354 g/mol. The summed E-state index contributed by atoms with van der Waals surface area (Å²) in [6.07, 6.45) is 0. The van der Waals surface area contributed by atoms with E-state index >= 15 is 0 Å². The predicted octanol–water partition coefficient (Wildman–Crippen LogP) is 4.75. The van der Waals surface area contributed by atoms with Crippen molar-refractivity contribution in [2.24, 2.45) is 0 Å². The molecule has 0 aliphatic carbocycles. The number of carbonyl (C=O) groups is 1. The predicted molar refractivity (Wildman–Crippen MR) is 89.0 cm³/mol. The fourth-order valence-electron chi connectivity index (χ4n) is 2.20. The van der Waals surface area contributed by atoms with E-state index in [1.54, 1.807) is 12.1 Å². The second kappa shape index (κ2) is 6.96. The molecule has 0 aliphatic rings. The molecule has 0 spiro atoms. The van der Waals surface area contributed by atoms with Gasteiger partial charge in [-0.05, 0) is 42.8 Å². The second-order valence-corrected chi connectivity index (χ2v) is 6.08. The van der Waals surface area contributed by atoms with Gasteiger partial charge in [-0.2, -0.15) is 0 Å². The Labute approximate surface area is 137 Å². The zero-order chi connectivity index (χ0) is 15.4. The summed E-state index contributed by atoms with van der Waals surface area (Å²) < 4.78 is 0.966. The number of benzene rings is 2. The number of halogens is 2. The third-order valence-corrected chi connectivity index (χ3v) is 3.97. The fraction of sp³-hybridized carbons (Fsp3) is 0.188. The van der Waals surface area contributed by atoms with Crippen LogP contribution < -0.4 is 4.90 Å². The van der Waals surface area contributed by atoms with Gasteiger partial charge in [-0.15, -0.1) is 0 Å². The van der Waals surface area contributed by atoms with Crippen LogP contribution in [-0.4, -0.2) is 17.6 Å². The molecule has 21 heavy (non-hydrogen) atoms. The zero-order valence-electron chi connectivity index (χ0n) is 11.5. The second-order valence-electron chi connectivity index (χ2n) is 4.73. The molecule has 0 aliphatic heterocycles. The molecule has 1 atom stereocenters. The fourth-order valence-corrected chi connectivity index (χ4v) is 2.80. The van der Waals surface area contributed by atoms with E-state index in [9.17, 15) is 9.90 Å². The third kappa shape index (κ3) is 4.22. The molecule has 2 rings (SSSR count). The molecule has 0 radical (unpaired) electrons. The summed E-state index contributed by atoms with van der Waals surface area (Å²) in [7, 11) is 0. The summed E-state index contributed by atoms with van der Waals surface area (Å²) >= 11 is 9.46. The SMILES string of the molecule is CC(c1cccc(Br)c1)N(CC(=O)O)c1cccc(Cl)c1. The van der Waals surface area contributed by atoms with Gasteiger partial charge in [-0.25, -0.2) is 0 Å².